The smallest absolute Gasteiger partial charge is 0.156 e. The molecule has 0 amide bonds. The van der Waals surface area contributed by atoms with Crippen LogP contribution in [0.25, 0.3) is 11.4 Å². The molecule has 0 saturated heterocycles. The number of nitriles is 1. The number of hydrogen-bond acceptors (Lipinski definition) is 5. The van der Waals surface area contributed by atoms with E-state index in [2.05, 4.69) is 9.97 Å². The first-order chi connectivity index (χ1) is 8.81. The number of carbonyl (C=O) groups excluding carboxylic acids is 1. The molecule has 0 bridgehead atoms. The molecule has 0 saturated carbocycles. The van der Waals surface area contributed by atoms with E-state index in [1.165, 1.54) is 13.3 Å². The first-order valence-corrected chi connectivity index (χ1v) is 5.15. The maximum absolute atomic E-state index is 11.2. The van der Waals surface area contributed by atoms with Gasteiger partial charge >= 0.3 is 0 Å². The molecule has 0 atom stereocenters. The van der Waals surface area contributed by atoms with Gasteiger partial charge in [-0.25, -0.2) is 0 Å². The zero-order chi connectivity index (χ0) is 13.0. The fourth-order valence-corrected chi connectivity index (χ4v) is 1.63. The fourth-order valence-electron chi connectivity index (χ4n) is 1.63. The second kappa shape index (κ2) is 5.06. The Morgan fingerprint density at radius 3 is 2.78 bits per heavy atom. The van der Waals surface area contributed by atoms with Gasteiger partial charge in [-0.3, -0.25) is 14.8 Å². The number of carbonyl (C=O) groups is 1. The highest BCUT2D eigenvalue weighted by atomic mass is 16.5. The highest BCUT2D eigenvalue weighted by molar-refractivity contribution is 5.89. The summed E-state index contributed by atoms with van der Waals surface area (Å²) in [6.07, 6.45) is 3.60. The van der Waals surface area contributed by atoms with Crippen molar-refractivity contribution in [3.8, 4) is 23.2 Å². The third-order valence-corrected chi connectivity index (χ3v) is 2.42. The second-order valence-corrected chi connectivity index (χ2v) is 3.41. The highest BCUT2D eigenvalue weighted by Gasteiger charge is 2.16. The topological polar surface area (TPSA) is 75.9 Å². The molecular formula is C13H9N3O2. The largest absolute Gasteiger partial charge is 0.494 e. The van der Waals surface area contributed by atoms with Crippen LogP contribution in [0.1, 0.15) is 15.9 Å². The lowest BCUT2D eigenvalue weighted by atomic mass is 10.1. The number of aromatic nitrogens is 2. The first kappa shape index (κ1) is 11.7. The molecule has 2 aromatic heterocycles. The molecular weight excluding hydrogens is 230 g/mol. The van der Waals surface area contributed by atoms with Crippen molar-refractivity contribution < 1.29 is 9.53 Å². The summed E-state index contributed by atoms with van der Waals surface area (Å²) in [5, 5.41) is 8.93. The van der Waals surface area contributed by atoms with Crippen molar-refractivity contribution in [3.05, 3.63) is 41.7 Å². The quantitative estimate of drug-likeness (QED) is 0.764. The molecule has 5 heteroatoms. The molecule has 0 spiro atoms. The van der Waals surface area contributed by atoms with E-state index >= 15 is 0 Å². The van der Waals surface area contributed by atoms with Crippen LogP contribution in [0.5, 0.6) is 5.75 Å². The van der Waals surface area contributed by atoms with E-state index in [1.54, 1.807) is 24.4 Å². The number of aldehydes is 1. The zero-order valence-corrected chi connectivity index (χ0v) is 9.62. The lowest BCUT2D eigenvalue weighted by Gasteiger charge is -2.09. The van der Waals surface area contributed by atoms with E-state index in [0.29, 0.717) is 17.7 Å². The van der Waals surface area contributed by atoms with E-state index in [0.717, 1.165) is 0 Å². The maximum atomic E-state index is 11.2. The van der Waals surface area contributed by atoms with Crippen LogP contribution in [0.4, 0.5) is 0 Å². The molecule has 0 aliphatic carbocycles. The predicted molar refractivity (Wildman–Crippen MR) is 64.1 cm³/mol. The lowest BCUT2D eigenvalue weighted by Crippen LogP contribution is -2.00. The number of pyridine rings is 2. The minimum absolute atomic E-state index is 0.222. The summed E-state index contributed by atoms with van der Waals surface area (Å²) in [6.45, 7) is 0. The van der Waals surface area contributed by atoms with Crippen molar-refractivity contribution in [2.24, 2.45) is 0 Å². The average Bonchev–Trinajstić information content (AvgIpc) is 2.46. The molecule has 0 unspecified atom stereocenters. The van der Waals surface area contributed by atoms with Gasteiger partial charge in [-0.05, 0) is 12.1 Å². The summed E-state index contributed by atoms with van der Waals surface area (Å²) in [6, 6.07) is 7.23. The SMILES string of the molecule is COc1c(C#N)cnc(-c2ccccn2)c1C=O. The predicted octanol–water partition coefficient (Wildman–Crippen LogP) is 1.84. The van der Waals surface area contributed by atoms with Crippen LogP contribution in [0.3, 0.4) is 0 Å². The first-order valence-electron chi connectivity index (χ1n) is 5.15. The third kappa shape index (κ3) is 1.92. The van der Waals surface area contributed by atoms with Gasteiger partial charge in [-0.1, -0.05) is 6.07 Å². The third-order valence-electron chi connectivity index (χ3n) is 2.42. The van der Waals surface area contributed by atoms with Gasteiger partial charge in [0.2, 0.25) is 0 Å². The number of hydrogen-bond donors (Lipinski definition) is 0. The van der Waals surface area contributed by atoms with Crippen molar-refractivity contribution in [2.45, 2.75) is 0 Å². The van der Waals surface area contributed by atoms with Crippen LogP contribution in [0, 0.1) is 11.3 Å². The van der Waals surface area contributed by atoms with E-state index in [-0.39, 0.29) is 16.9 Å². The van der Waals surface area contributed by atoms with Gasteiger partial charge in [-0.2, -0.15) is 5.26 Å². The molecule has 2 rings (SSSR count). The van der Waals surface area contributed by atoms with Crippen LogP contribution < -0.4 is 4.74 Å². The van der Waals surface area contributed by atoms with Gasteiger partial charge < -0.3 is 4.74 Å². The second-order valence-electron chi connectivity index (χ2n) is 3.41. The molecule has 0 fully saturated rings. The standard InChI is InChI=1S/C13H9N3O2/c1-18-13-9(6-14)7-16-12(10(13)8-17)11-4-2-3-5-15-11/h2-5,7-8H,1H3. The summed E-state index contributed by atoms with van der Waals surface area (Å²) in [5.74, 6) is 0.225. The van der Waals surface area contributed by atoms with Gasteiger partial charge in [0.1, 0.15) is 17.3 Å². The summed E-state index contributed by atoms with van der Waals surface area (Å²) >= 11 is 0. The van der Waals surface area contributed by atoms with Crippen molar-refractivity contribution in [1.82, 2.24) is 9.97 Å². The average molecular weight is 239 g/mol. The Bertz CT molecular complexity index is 618. The van der Waals surface area contributed by atoms with Gasteiger partial charge in [0.15, 0.2) is 12.0 Å². The highest BCUT2D eigenvalue weighted by Crippen LogP contribution is 2.28. The van der Waals surface area contributed by atoms with Gasteiger partial charge in [0, 0.05) is 12.4 Å². The van der Waals surface area contributed by atoms with Gasteiger partial charge in [0.25, 0.3) is 0 Å². The molecule has 0 N–H and O–H groups in total. The summed E-state index contributed by atoms with van der Waals surface area (Å²) in [7, 11) is 1.41. The lowest BCUT2D eigenvalue weighted by molar-refractivity contribution is 0.112. The summed E-state index contributed by atoms with van der Waals surface area (Å²) < 4.78 is 5.10. The Labute approximate surface area is 104 Å². The van der Waals surface area contributed by atoms with Crippen LogP contribution >= 0.6 is 0 Å². The van der Waals surface area contributed by atoms with Crippen molar-refractivity contribution in [1.29, 1.82) is 5.26 Å². The normalized spacial score (nSPS) is 9.56. The molecule has 5 nitrogen and oxygen atoms in total. The molecule has 0 aliphatic rings. The summed E-state index contributed by atoms with van der Waals surface area (Å²) in [4.78, 5) is 19.4. The van der Waals surface area contributed by atoms with Crippen molar-refractivity contribution in [2.75, 3.05) is 7.11 Å². The molecule has 0 aromatic carbocycles. The van der Waals surface area contributed by atoms with Gasteiger partial charge in [0.05, 0.1) is 18.4 Å². The minimum Gasteiger partial charge on any atom is -0.494 e. The van der Waals surface area contributed by atoms with Crippen LogP contribution in [-0.2, 0) is 0 Å². The molecule has 88 valence electrons. The van der Waals surface area contributed by atoms with E-state index in [1.807, 2.05) is 6.07 Å². The van der Waals surface area contributed by atoms with Crippen LogP contribution in [0.2, 0.25) is 0 Å². The Morgan fingerprint density at radius 2 is 2.22 bits per heavy atom. The molecule has 2 heterocycles. The maximum Gasteiger partial charge on any atom is 0.156 e. The number of methoxy groups -OCH3 is 1. The van der Waals surface area contributed by atoms with E-state index in [4.69, 9.17) is 10.00 Å². The van der Waals surface area contributed by atoms with Crippen molar-refractivity contribution in [3.63, 3.8) is 0 Å². The number of rotatable bonds is 3. The molecule has 0 radical (unpaired) electrons. The van der Waals surface area contributed by atoms with Crippen LogP contribution in [0.15, 0.2) is 30.6 Å². The van der Waals surface area contributed by atoms with E-state index < -0.39 is 0 Å². The Morgan fingerprint density at radius 1 is 1.39 bits per heavy atom. The summed E-state index contributed by atoms with van der Waals surface area (Å²) in [5.41, 5.74) is 1.42. The Hall–Kier alpha value is -2.74. The minimum atomic E-state index is 0.222. The molecule has 2 aromatic rings. The molecule has 18 heavy (non-hydrogen) atoms. The van der Waals surface area contributed by atoms with E-state index in [9.17, 15) is 4.79 Å². The van der Waals surface area contributed by atoms with Crippen molar-refractivity contribution >= 4 is 6.29 Å². The van der Waals surface area contributed by atoms with Crippen LogP contribution in [-0.4, -0.2) is 23.4 Å². The Balaban J connectivity index is 2.71. The van der Waals surface area contributed by atoms with Gasteiger partial charge in [-0.15, -0.1) is 0 Å². The molecule has 0 aliphatic heterocycles. The monoisotopic (exact) mass is 239 g/mol. The zero-order valence-electron chi connectivity index (χ0n) is 9.62. The fraction of sp³-hybridized carbons (Fsp3) is 0.0769. The number of ether oxygens (including phenoxy) is 1. The number of nitrogens with zero attached hydrogens (tertiary/aromatic N) is 3. The Kier molecular flexibility index (Phi) is 3.30.